The van der Waals surface area contributed by atoms with Gasteiger partial charge in [0.25, 0.3) is 0 Å². The monoisotopic (exact) mass is 337 g/mol. The van der Waals surface area contributed by atoms with Crippen molar-refractivity contribution in [2.45, 2.75) is 4.90 Å². The van der Waals surface area contributed by atoms with E-state index >= 15 is 0 Å². The Hall–Kier alpha value is -1.84. The molecule has 0 bridgehead atoms. The second-order valence-electron chi connectivity index (χ2n) is 3.69. The molecule has 0 spiro atoms. The van der Waals surface area contributed by atoms with Gasteiger partial charge in [0.2, 0.25) is 10.0 Å². The zero-order valence-electron chi connectivity index (χ0n) is 11.0. The number of aromatic carboxylic acids is 1. The Labute approximate surface area is 125 Å². The highest BCUT2D eigenvalue weighted by Gasteiger charge is 2.26. The lowest BCUT2D eigenvalue weighted by molar-refractivity contribution is -0.139. The third kappa shape index (κ3) is 4.06. The van der Waals surface area contributed by atoms with Crippen LogP contribution in [0.25, 0.3) is 0 Å². The van der Waals surface area contributed by atoms with Crippen molar-refractivity contribution in [3.63, 3.8) is 0 Å². The second-order valence-corrected chi connectivity index (χ2v) is 5.86. The van der Waals surface area contributed by atoms with E-state index in [0.29, 0.717) is 0 Å². The first kappa shape index (κ1) is 17.2. The number of nitrogens with one attached hydrogen (secondary N) is 1. The second kappa shape index (κ2) is 6.74. The van der Waals surface area contributed by atoms with E-state index in [1.54, 1.807) is 0 Å². The number of sulfonamides is 1. The van der Waals surface area contributed by atoms with Crippen molar-refractivity contribution in [2.75, 3.05) is 20.8 Å². The molecule has 0 aromatic heterocycles. The third-order valence-electron chi connectivity index (χ3n) is 2.38. The molecule has 1 aromatic carbocycles. The summed E-state index contributed by atoms with van der Waals surface area (Å²) in [5.41, 5.74) is -0.413. The number of carboxylic acid groups (broad SMARTS) is 1. The maximum absolute atomic E-state index is 12.1. The molecule has 10 heteroatoms. The molecule has 0 fully saturated rings. The smallest absolute Gasteiger partial charge is 0.339 e. The molecule has 0 amide bonds. The van der Waals surface area contributed by atoms with Crippen LogP contribution in [0.2, 0.25) is 5.02 Å². The van der Waals surface area contributed by atoms with Gasteiger partial charge in [0.15, 0.2) is 5.75 Å². The molecule has 1 aromatic rings. The summed E-state index contributed by atoms with van der Waals surface area (Å²) in [6.45, 7) is -0.614. The molecule has 116 valence electrons. The molecule has 0 aliphatic heterocycles. The van der Waals surface area contributed by atoms with Crippen molar-refractivity contribution >= 4 is 33.6 Å². The zero-order valence-corrected chi connectivity index (χ0v) is 12.6. The van der Waals surface area contributed by atoms with Crippen LogP contribution in [0.1, 0.15) is 10.4 Å². The average Bonchev–Trinajstić information content (AvgIpc) is 2.43. The molecular formula is C11H12ClNO7S. The van der Waals surface area contributed by atoms with Gasteiger partial charge in [0.1, 0.15) is 17.0 Å². The lowest BCUT2D eigenvalue weighted by Gasteiger charge is -2.13. The van der Waals surface area contributed by atoms with Crippen LogP contribution in [0.4, 0.5) is 0 Å². The summed E-state index contributed by atoms with van der Waals surface area (Å²) < 4.78 is 35.3. The SMILES string of the molecule is COC(=O)CNS(=O)(=O)c1cc(Cl)cc(C(=O)O)c1OC. The molecule has 0 saturated carbocycles. The maximum Gasteiger partial charge on any atom is 0.339 e. The van der Waals surface area contributed by atoms with Crippen molar-refractivity contribution < 1.29 is 32.6 Å². The van der Waals surface area contributed by atoms with E-state index in [-0.39, 0.29) is 10.8 Å². The summed E-state index contributed by atoms with van der Waals surface area (Å²) >= 11 is 5.72. The average molecular weight is 338 g/mol. The summed E-state index contributed by atoms with van der Waals surface area (Å²) in [4.78, 5) is 21.6. The fourth-order valence-corrected chi connectivity index (χ4v) is 2.91. The van der Waals surface area contributed by atoms with Gasteiger partial charge in [-0.1, -0.05) is 11.6 Å². The van der Waals surface area contributed by atoms with E-state index in [9.17, 15) is 18.0 Å². The van der Waals surface area contributed by atoms with Crippen LogP contribution in [0.15, 0.2) is 17.0 Å². The minimum Gasteiger partial charge on any atom is -0.494 e. The number of carbonyl (C=O) groups excluding carboxylic acids is 1. The number of carboxylic acids is 1. The highest BCUT2D eigenvalue weighted by atomic mass is 35.5. The van der Waals surface area contributed by atoms with Gasteiger partial charge in [0, 0.05) is 5.02 Å². The van der Waals surface area contributed by atoms with Crippen LogP contribution in [0.5, 0.6) is 5.75 Å². The number of hydrogen-bond acceptors (Lipinski definition) is 6. The summed E-state index contributed by atoms with van der Waals surface area (Å²) in [5, 5.41) is 8.93. The van der Waals surface area contributed by atoms with E-state index in [1.807, 2.05) is 4.72 Å². The maximum atomic E-state index is 12.1. The van der Waals surface area contributed by atoms with E-state index in [1.165, 1.54) is 0 Å². The molecular weight excluding hydrogens is 326 g/mol. The van der Waals surface area contributed by atoms with Gasteiger partial charge in [-0.05, 0) is 12.1 Å². The predicted molar refractivity (Wildman–Crippen MR) is 72.2 cm³/mol. The van der Waals surface area contributed by atoms with Crippen molar-refractivity contribution in [2.24, 2.45) is 0 Å². The molecule has 0 aliphatic carbocycles. The quantitative estimate of drug-likeness (QED) is 0.725. The van der Waals surface area contributed by atoms with Gasteiger partial charge in [-0.3, -0.25) is 4.79 Å². The molecule has 0 aliphatic rings. The molecule has 21 heavy (non-hydrogen) atoms. The standard InChI is InChI=1S/C11H12ClNO7S/c1-19-9(14)5-13-21(17,18)8-4-6(12)3-7(11(15)16)10(8)20-2/h3-4,13H,5H2,1-2H3,(H,15,16). The molecule has 0 atom stereocenters. The Morgan fingerprint density at radius 2 is 1.95 bits per heavy atom. The van der Waals surface area contributed by atoms with Crippen molar-refractivity contribution in [3.8, 4) is 5.75 Å². The van der Waals surface area contributed by atoms with Crippen LogP contribution >= 0.6 is 11.6 Å². The fraction of sp³-hybridized carbons (Fsp3) is 0.273. The lowest BCUT2D eigenvalue weighted by atomic mass is 10.2. The number of rotatable bonds is 6. The number of carbonyl (C=O) groups is 2. The zero-order chi connectivity index (χ0) is 16.2. The third-order valence-corrected chi connectivity index (χ3v) is 4.00. The van der Waals surface area contributed by atoms with Gasteiger partial charge < -0.3 is 14.6 Å². The Bertz CT molecular complexity index is 671. The first-order valence-corrected chi connectivity index (χ1v) is 7.26. The fourth-order valence-electron chi connectivity index (χ4n) is 1.44. The Balaban J connectivity index is 3.34. The largest absolute Gasteiger partial charge is 0.494 e. The highest BCUT2D eigenvalue weighted by molar-refractivity contribution is 7.89. The first-order valence-electron chi connectivity index (χ1n) is 5.40. The molecule has 1 rings (SSSR count). The molecule has 0 radical (unpaired) electrons. The van der Waals surface area contributed by atoms with Crippen LogP contribution in [0.3, 0.4) is 0 Å². The van der Waals surface area contributed by atoms with Gasteiger partial charge >= 0.3 is 11.9 Å². The molecule has 2 N–H and O–H groups in total. The summed E-state index contributed by atoms with van der Waals surface area (Å²) in [6, 6.07) is 2.08. The molecule has 0 heterocycles. The van der Waals surface area contributed by atoms with Gasteiger partial charge in [-0.15, -0.1) is 0 Å². The van der Waals surface area contributed by atoms with Crippen molar-refractivity contribution in [1.82, 2.24) is 4.72 Å². The number of methoxy groups -OCH3 is 2. The number of hydrogen-bond donors (Lipinski definition) is 2. The van der Waals surface area contributed by atoms with Crippen LogP contribution in [0, 0.1) is 0 Å². The molecule has 0 saturated heterocycles. The van der Waals surface area contributed by atoms with Gasteiger partial charge in [-0.2, -0.15) is 4.72 Å². The lowest BCUT2D eigenvalue weighted by Crippen LogP contribution is -2.30. The van der Waals surface area contributed by atoms with E-state index in [0.717, 1.165) is 26.4 Å². The van der Waals surface area contributed by atoms with Crippen molar-refractivity contribution in [1.29, 1.82) is 0 Å². The minimum absolute atomic E-state index is 0.105. The van der Waals surface area contributed by atoms with Gasteiger partial charge in [0.05, 0.1) is 14.2 Å². The normalized spacial score (nSPS) is 11.0. The van der Waals surface area contributed by atoms with E-state index < -0.39 is 39.0 Å². The summed E-state index contributed by atoms with van der Waals surface area (Å²) in [6.07, 6.45) is 0. The summed E-state index contributed by atoms with van der Waals surface area (Å²) in [5.74, 6) is -2.60. The number of benzene rings is 1. The highest BCUT2D eigenvalue weighted by Crippen LogP contribution is 2.31. The molecule has 8 nitrogen and oxygen atoms in total. The predicted octanol–water partition coefficient (Wildman–Crippen LogP) is 0.498. The number of ether oxygens (including phenoxy) is 2. The Morgan fingerprint density at radius 1 is 1.33 bits per heavy atom. The van der Waals surface area contributed by atoms with Crippen LogP contribution in [-0.4, -0.2) is 46.2 Å². The minimum atomic E-state index is -4.21. The van der Waals surface area contributed by atoms with Gasteiger partial charge in [-0.25, -0.2) is 13.2 Å². The first-order chi connectivity index (χ1) is 9.72. The van der Waals surface area contributed by atoms with Crippen LogP contribution in [-0.2, 0) is 19.6 Å². The topological polar surface area (TPSA) is 119 Å². The summed E-state index contributed by atoms with van der Waals surface area (Å²) in [7, 11) is -1.99. The van der Waals surface area contributed by atoms with Crippen molar-refractivity contribution in [3.05, 3.63) is 22.7 Å². The Morgan fingerprint density at radius 3 is 2.43 bits per heavy atom. The van der Waals surface area contributed by atoms with E-state index in [4.69, 9.17) is 21.4 Å². The van der Waals surface area contributed by atoms with E-state index in [2.05, 4.69) is 4.74 Å². The number of halogens is 1. The Kier molecular flexibility index (Phi) is 5.53. The van der Waals surface area contributed by atoms with Crippen LogP contribution < -0.4 is 9.46 Å². The number of esters is 1. The molecule has 0 unspecified atom stereocenters.